The Morgan fingerprint density at radius 2 is 1.69 bits per heavy atom. The zero-order valence-electron chi connectivity index (χ0n) is 20.4. The van der Waals surface area contributed by atoms with Crippen LogP contribution in [0.3, 0.4) is 0 Å². The number of hydrogen-bond acceptors (Lipinski definition) is 4. The number of benzene rings is 3. The molecule has 3 rings (SSSR count). The molecule has 0 aliphatic carbocycles. The minimum atomic E-state index is -4.05. The number of nitrogens with zero attached hydrogens (tertiary/aromatic N) is 1. The zero-order valence-corrected chi connectivity index (χ0v) is 22.8. The summed E-state index contributed by atoms with van der Waals surface area (Å²) in [6.45, 7) is 5.75. The summed E-state index contributed by atoms with van der Waals surface area (Å²) in [5.74, 6) is 0.480. The molecule has 35 heavy (non-hydrogen) atoms. The number of methoxy groups -OCH3 is 1. The predicted octanol–water partition coefficient (Wildman–Crippen LogP) is 5.87. The number of hydrogen-bond donors (Lipinski definition) is 1. The SMILES string of the molecule is COc1ccc(S(=O)(=O)N(CC(=O)N[C@@H](CC(C)C)c2ccccc2)c2ccc(C)cc2)cc1Br. The topological polar surface area (TPSA) is 75.7 Å². The van der Waals surface area contributed by atoms with Crippen LogP contribution in [0.2, 0.25) is 0 Å². The van der Waals surface area contributed by atoms with Crippen LogP contribution in [0.5, 0.6) is 5.75 Å². The smallest absolute Gasteiger partial charge is 0.264 e. The molecule has 0 saturated carbocycles. The highest BCUT2D eigenvalue weighted by Crippen LogP contribution is 2.31. The molecule has 186 valence electrons. The molecule has 0 radical (unpaired) electrons. The monoisotopic (exact) mass is 558 g/mol. The molecule has 8 heteroatoms. The van der Waals surface area contributed by atoms with Gasteiger partial charge < -0.3 is 10.1 Å². The Hall–Kier alpha value is -2.84. The van der Waals surface area contributed by atoms with Crippen molar-refractivity contribution in [2.45, 2.75) is 38.1 Å². The first-order chi connectivity index (χ1) is 16.6. The van der Waals surface area contributed by atoms with Crippen LogP contribution in [-0.2, 0) is 14.8 Å². The van der Waals surface area contributed by atoms with Crippen LogP contribution in [0.1, 0.15) is 37.4 Å². The second-order valence-corrected chi connectivity index (χ2v) is 11.5. The van der Waals surface area contributed by atoms with Crippen LogP contribution < -0.4 is 14.4 Å². The van der Waals surface area contributed by atoms with E-state index in [2.05, 4.69) is 35.1 Å². The molecule has 0 aromatic heterocycles. The first-order valence-electron chi connectivity index (χ1n) is 11.4. The quantitative estimate of drug-likeness (QED) is 0.338. The Labute approximate surface area is 216 Å². The Balaban J connectivity index is 1.95. The van der Waals surface area contributed by atoms with Crippen LogP contribution in [0.25, 0.3) is 0 Å². The fraction of sp³-hybridized carbons (Fsp3) is 0.296. The fourth-order valence-corrected chi connectivity index (χ4v) is 5.91. The van der Waals surface area contributed by atoms with Crippen LogP contribution in [0, 0.1) is 12.8 Å². The first-order valence-corrected chi connectivity index (χ1v) is 13.6. The number of amides is 1. The molecule has 0 heterocycles. The Kier molecular flexibility index (Phi) is 8.97. The summed E-state index contributed by atoms with van der Waals surface area (Å²) in [5, 5.41) is 3.06. The molecular formula is C27H31BrN2O4S. The van der Waals surface area contributed by atoms with Gasteiger partial charge >= 0.3 is 0 Å². The van der Waals surface area contributed by atoms with Crippen molar-refractivity contribution in [2.75, 3.05) is 18.0 Å². The molecule has 1 atom stereocenters. The second kappa shape index (κ2) is 11.7. The van der Waals surface area contributed by atoms with Crippen LogP contribution in [0.4, 0.5) is 5.69 Å². The third-order valence-electron chi connectivity index (χ3n) is 5.56. The van der Waals surface area contributed by atoms with E-state index >= 15 is 0 Å². The molecule has 0 aliphatic rings. The molecule has 0 bridgehead atoms. The summed E-state index contributed by atoms with van der Waals surface area (Å²) in [6.07, 6.45) is 0.735. The van der Waals surface area contributed by atoms with Crippen molar-refractivity contribution in [1.29, 1.82) is 0 Å². The maximum absolute atomic E-state index is 13.7. The summed E-state index contributed by atoms with van der Waals surface area (Å²) in [5.41, 5.74) is 2.39. The standard InChI is InChI=1S/C27H31BrN2O4S/c1-19(2)16-25(21-8-6-5-7-9-21)29-27(31)18-30(22-12-10-20(3)11-13-22)35(32,33)23-14-15-26(34-4)24(28)17-23/h5-15,17,19,25H,16,18H2,1-4H3,(H,29,31)/t25-/m0/s1. The van der Waals surface area contributed by atoms with E-state index in [-0.39, 0.29) is 23.4 Å². The molecule has 3 aromatic carbocycles. The van der Waals surface area contributed by atoms with Gasteiger partial charge in [0, 0.05) is 0 Å². The number of halogens is 1. The molecule has 0 fully saturated rings. The molecule has 1 amide bonds. The van der Waals surface area contributed by atoms with Gasteiger partial charge in [0.05, 0.1) is 28.2 Å². The van der Waals surface area contributed by atoms with Crippen molar-refractivity contribution in [3.63, 3.8) is 0 Å². The second-order valence-electron chi connectivity index (χ2n) is 8.80. The lowest BCUT2D eigenvalue weighted by atomic mass is 9.97. The summed E-state index contributed by atoms with van der Waals surface area (Å²) >= 11 is 3.36. The molecule has 0 saturated heterocycles. The average molecular weight is 560 g/mol. The first kappa shape index (κ1) is 26.8. The lowest BCUT2D eigenvalue weighted by molar-refractivity contribution is -0.120. The van der Waals surface area contributed by atoms with Crippen molar-refractivity contribution in [1.82, 2.24) is 5.32 Å². The lowest BCUT2D eigenvalue weighted by Gasteiger charge is -2.27. The molecule has 3 aromatic rings. The molecule has 1 N–H and O–H groups in total. The molecule has 0 unspecified atom stereocenters. The highest BCUT2D eigenvalue weighted by atomic mass is 79.9. The minimum Gasteiger partial charge on any atom is -0.496 e. The van der Waals surface area contributed by atoms with E-state index in [0.29, 0.717) is 21.8 Å². The van der Waals surface area contributed by atoms with E-state index in [1.165, 1.54) is 19.2 Å². The van der Waals surface area contributed by atoms with Crippen molar-refractivity contribution in [3.05, 3.63) is 88.4 Å². The van der Waals surface area contributed by atoms with E-state index in [9.17, 15) is 13.2 Å². The van der Waals surface area contributed by atoms with Gasteiger partial charge in [-0.3, -0.25) is 9.10 Å². The van der Waals surface area contributed by atoms with Crippen molar-refractivity contribution in [2.24, 2.45) is 5.92 Å². The van der Waals surface area contributed by atoms with E-state index < -0.39 is 10.0 Å². The van der Waals surface area contributed by atoms with Gasteiger partial charge in [0.1, 0.15) is 12.3 Å². The third kappa shape index (κ3) is 6.86. The van der Waals surface area contributed by atoms with E-state index in [0.717, 1.165) is 21.9 Å². The van der Waals surface area contributed by atoms with Gasteiger partial charge in [-0.2, -0.15) is 0 Å². The van der Waals surface area contributed by atoms with Gasteiger partial charge in [-0.25, -0.2) is 8.42 Å². The van der Waals surface area contributed by atoms with Crippen LogP contribution in [0.15, 0.2) is 82.2 Å². The predicted molar refractivity (Wildman–Crippen MR) is 143 cm³/mol. The largest absolute Gasteiger partial charge is 0.496 e. The number of anilines is 1. The fourth-order valence-electron chi connectivity index (χ4n) is 3.77. The Morgan fingerprint density at radius 3 is 2.26 bits per heavy atom. The number of nitrogens with one attached hydrogen (secondary N) is 1. The number of sulfonamides is 1. The number of rotatable bonds is 10. The average Bonchev–Trinajstić information content (AvgIpc) is 2.83. The number of carbonyl (C=O) groups is 1. The summed E-state index contributed by atoms with van der Waals surface area (Å²) in [7, 11) is -2.53. The van der Waals surface area contributed by atoms with Gasteiger partial charge in [-0.1, -0.05) is 61.9 Å². The Bertz CT molecular complexity index is 1250. The highest BCUT2D eigenvalue weighted by molar-refractivity contribution is 9.10. The van der Waals surface area contributed by atoms with Crippen molar-refractivity contribution in [3.8, 4) is 5.75 Å². The van der Waals surface area contributed by atoms with E-state index in [4.69, 9.17) is 4.74 Å². The normalized spacial score (nSPS) is 12.3. The van der Waals surface area contributed by atoms with Crippen molar-refractivity contribution >= 4 is 37.5 Å². The lowest BCUT2D eigenvalue weighted by Crippen LogP contribution is -2.42. The number of carbonyl (C=O) groups excluding carboxylic acids is 1. The number of aryl methyl sites for hydroxylation is 1. The maximum Gasteiger partial charge on any atom is 0.264 e. The Morgan fingerprint density at radius 1 is 1.03 bits per heavy atom. The van der Waals surface area contributed by atoms with Crippen LogP contribution >= 0.6 is 15.9 Å². The van der Waals surface area contributed by atoms with Gasteiger partial charge in [0.15, 0.2) is 0 Å². The summed E-state index contributed by atoms with van der Waals surface area (Å²) in [6, 6.07) is 21.1. The van der Waals surface area contributed by atoms with Crippen molar-refractivity contribution < 1.29 is 17.9 Å². The third-order valence-corrected chi connectivity index (χ3v) is 7.95. The minimum absolute atomic E-state index is 0.0559. The van der Waals surface area contributed by atoms with E-state index in [1.54, 1.807) is 18.2 Å². The van der Waals surface area contributed by atoms with Gasteiger partial charge in [0.2, 0.25) is 5.91 Å². The molecule has 0 spiro atoms. The molecule has 6 nitrogen and oxygen atoms in total. The number of ether oxygens (including phenoxy) is 1. The summed E-state index contributed by atoms with van der Waals surface area (Å²) < 4.78 is 34.3. The van der Waals surface area contributed by atoms with Gasteiger partial charge in [0.25, 0.3) is 10.0 Å². The highest BCUT2D eigenvalue weighted by Gasteiger charge is 2.29. The van der Waals surface area contributed by atoms with Gasteiger partial charge in [-0.15, -0.1) is 0 Å². The van der Waals surface area contributed by atoms with Crippen LogP contribution in [-0.4, -0.2) is 28.0 Å². The molecule has 0 aliphatic heterocycles. The van der Waals surface area contributed by atoms with Gasteiger partial charge in [-0.05, 0) is 71.1 Å². The summed E-state index contributed by atoms with van der Waals surface area (Å²) in [4.78, 5) is 13.3. The van der Waals surface area contributed by atoms with E-state index in [1.807, 2.05) is 49.4 Å². The maximum atomic E-state index is 13.7. The molecular weight excluding hydrogens is 528 g/mol. The zero-order chi connectivity index (χ0) is 25.6.